The van der Waals surface area contributed by atoms with Crippen LogP contribution in [0.3, 0.4) is 0 Å². The van der Waals surface area contributed by atoms with E-state index in [1.54, 1.807) is 6.07 Å². The molecule has 6 nitrogen and oxygen atoms in total. The first kappa shape index (κ1) is 15.6. The Morgan fingerprint density at radius 3 is 2.60 bits per heavy atom. The molecule has 1 saturated heterocycles. The van der Waals surface area contributed by atoms with E-state index in [9.17, 15) is 10.1 Å². The maximum atomic E-state index is 10.9. The third kappa shape index (κ3) is 3.20. The molecular formula is C19H20N4O2. The van der Waals surface area contributed by atoms with E-state index in [2.05, 4.69) is 27.0 Å². The van der Waals surface area contributed by atoms with Gasteiger partial charge in [-0.1, -0.05) is 25.0 Å². The number of nitrogens with zero attached hydrogens (tertiary/aromatic N) is 3. The Bertz CT molecular complexity index is 911. The molecule has 6 heteroatoms. The van der Waals surface area contributed by atoms with Gasteiger partial charge in [0.1, 0.15) is 5.82 Å². The lowest BCUT2D eigenvalue weighted by Gasteiger charge is -2.23. The van der Waals surface area contributed by atoms with Crippen LogP contribution in [0, 0.1) is 10.1 Å². The summed E-state index contributed by atoms with van der Waals surface area (Å²) in [6.07, 6.45) is 5.08. The Hall–Kier alpha value is -2.89. The summed E-state index contributed by atoms with van der Waals surface area (Å²) in [5.74, 6) is 0.743. The molecule has 1 N–H and O–H groups in total. The number of hydrogen-bond acceptors (Lipinski definition) is 4. The van der Waals surface area contributed by atoms with Gasteiger partial charge in [0.2, 0.25) is 0 Å². The number of hydrogen-bond donors (Lipinski definition) is 1. The largest absolute Gasteiger partial charge is 0.372 e. The predicted molar refractivity (Wildman–Crippen MR) is 98.9 cm³/mol. The summed E-state index contributed by atoms with van der Waals surface area (Å²) in [5.41, 5.74) is 3.71. The maximum absolute atomic E-state index is 10.9. The zero-order valence-electron chi connectivity index (χ0n) is 13.9. The average Bonchev–Trinajstić information content (AvgIpc) is 2.86. The summed E-state index contributed by atoms with van der Waals surface area (Å²) in [7, 11) is 0. The second-order valence-electron chi connectivity index (χ2n) is 6.50. The number of nitrogens with one attached hydrogen (secondary N) is 1. The summed E-state index contributed by atoms with van der Waals surface area (Å²) >= 11 is 0. The molecule has 2 heterocycles. The van der Waals surface area contributed by atoms with E-state index in [4.69, 9.17) is 0 Å². The van der Waals surface area contributed by atoms with Gasteiger partial charge < -0.3 is 9.88 Å². The van der Waals surface area contributed by atoms with Crippen LogP contribution < -0.4 is 4.90 Å². The minimum atomic E-state index is -0.389. The zero-order chi connectivity index (χ0) is 17.2. The molecular weight excluding hydrogens is 316 g/mol. The second kappa shape index (κ2) is 6.55. The third-order valence-corrected chi connectivity index (χ3v) is 4.77. The van der Waals surface area contributed by atoms with Crippen molar-refractivity contribution in [3.63, 3.8) is 0 Å². The number of anilines is 1. The summed E-state index contributed by atoms with van der Waals surface area (Å²) in [6.45, 7) is 2.19. The van der Waals surface area contributed by atoms with Crippen LogP contribution >= 0.6 is 0 Å². The number of nitro benzene ring substituents is 1. The van der Waals surface area contributed by atoms with E-state index in [-0.39, 0.29) is 10.6 Å². The van der Waals surface area contributed by atoms with Crippen molar-refractivity contribution in [3.05, 3.63) is 52.6 Å². The molecule has 1 fully saturated rings. The number of rotatable bonds is 3. The predicted octanol–water partition coefficient (Wildman–Crippen LogP) is 4.52. The molecule has 1 aromatic heterocycles. The molecule has 0 bridgehead atoms. The average molecular weight is 336 g/mol. The smallest absolute Gasteiger partial charge is 0.271 e. The van der Waals surface area contributed by atoms with Crippen molar-refractivity contribution in [2.75, 3.05) is 18.0 Å². The Labute approximate surface area is 145 Å². The van der Waals surface area contributed by atoms with Crippen LogP contribution in [-0.2, 0) is 0 Å². The van der Waals surface area contributed by atoms with Crippen LogP contribution in [0.2, 0.25) is 0 Å². The highest BCUT2D eigenvalue weighted by Crippen LogP contribution is 2.27. The number of aromatic nitrogens is 2. The highest BCUT2D eigenvalue weighted by atomic mass is 16.6. The van der Waals surface area contributed by atoms with Crippen molar-refractivity contribution >= 4 is 22.4 Å². The zero-order valence-corrected chi connectivity index (χ0v) is 13.9. The SMILES string of the molecule is O=[N+]([O-])c1ccc2nc(-c3cccc(N4CCCCCC4)c3)[nH]c2c1. The molecule has 2 aromatic carbocycles. The van der Waals surface area contributed by atoms with E-state index >= 15 is 0 Å². The van der Waals surface area contributed by atoms with Crippen molar-refractivity contribution in [2.45, 2.75) is 25.7 Å². The van der Waals surface area contributed by atoms with Crippen molar-refractivity contribution in [1.29, 1.82) is 0 Å². The van der Waals surface area contributed by atoms with Gasteiger partial charge in [-0.05, 0) is 31.0 Å². The van der Waals surface area contributed by atoms with Crippen molar-refractivity contribution in [3.8, 4) is 11.4 Å². The maximum Gasteiger partial charge on any atom is 0.271 e. The molecule has 25 heavy (non-hydrogen) atoms. The molecule has 128 valence electrons. The van der Waals surface area contributed by atoms with Crippen LogP contribution in [0.4, 0.5) is 11.4 Å². The first-order valence-corrected chi connectivity index (χ1v) is 8.70. The minimum Gasteiger partial charge on any atom is -0.372 e. The standard InChI is InChI=1S/C19H20N4O2/c24-23(25)16-8-9-17-18(13-16)21-19(20-17)14-6-5-7-15(12-14)22-10-3-1-2-4-11-22/h5-9,12-13H,1-4,10-11H2,(H,20,21). The molecule has 0 radical (unpaired) electrons. The molecule has 0 aliphatic carbocycles. The van der Waals surface area contributed by atoms with Crippen LogP contribution in [0.5, 0.6) is 0 Å². The summed E-state index contributed by atoms with van der Waals surface area (Å²) < 4.78 is 0. The Balaban J connectivity index is 1.68. The van der Waals surface area contributed by atoms with Crippen molar-refractivity contribution in [1.82, 2.24) is 9.97 Å². The van der Waals surface area contributed by atoms with Crippen LogP contribution in [0.15, 0.2) is 42.5 Å². The van der Waals surface area contributed by atoms with E-state index in [0.29, 0.717) is 5.52 Å². The molecule has 0 spiro atoms. The van der Waals surface area contributed by atoms with Gasteiger partial charge in [-0.15, -0.1) is 0 Å². The first-order chi connectivity index (χ1) is 12.2. The van der Waals surface area contributed by atoms with Crippen LogP contribution in [0.1, 0.15) is 25.7 Å². The number of aromatic amines is 1. The highest BCUT2D eigenvalue weighted by molar-refractivity contribution is 5.82. The van der Waals surface area contributed by atoms with Crippen molar-refractivity contribution in [2.24, 2.45) is 0 Å². The number of benzene rings is 2. The molecule has 0 amide bonds. The van der Waals surface area contributed by atoms with Gasteiger partial charge in [-0.25, -0.2) is 4.98 Å². The monoisotopic (exact) mass is 336 g/mol. The van der Waals surface area contributed by atoms with Gasteiger partial charge in [-0.3, -0.25) is 10.1 Å². The highest BCUT2D eigenvalue weighted by Gasteiger charge is 2.13. The normalized spacial score (nSPS) is 15.3. The lowest BCUT2D eigenvalue weighted by molar-refractivity contribution is -0.384. The molecule has 0 unspecified atom stereocenters. The van der Waals surface area contributed by atoms with Crippen LogP contribution in [0.25, 0.3) is 22.4 Å². The second-order valence-corrected chi connectivity index (χ2v) is 6.50. The van der Waals surface area contributed by atoms with E-state index < -0.39 is 0 Å². The van der Waals surface area contributed by atoms with Gasteiger partial charge in [-0.2, -0.15) is 0 Å². The molecule has 1 aliphatic rings. The summed E-state index contributed by atoms with van der Waals surface area (Å²) in [5, 5.41) is 10.9. The van der Waals surface area contributed by atoms with Gasteiger partial charge in [0.25, 0.3) is 5.69 Å². The van der Waals surface area contributed by atoms with E-state index in [0.717, 1.165) is 30.0 Å². The molecule has 0 atom stereocenters. The van der Waals surface area contributed by atoms with Gasteiger partial charge in [0.15, 0.2) is 0 Å². The Morgan fingerprint density at radius 2 is 1.84 bits per heavy atom. The molecule has 4 rings (SSSR count). The fourth-order valence-electron chi connectivity index (χ4n) is 3.43. The quantitative estimate of drug-likeness (QED) is 0.564. The molecule has 0 saturated carbocycles. The fraction of sp³-hybridized carbons (Fsp3) is 0.316. The number of non-ortho nitro benzene ring substituents is 1. The van der Waals surface area contributed by atoms with Gasteiger partial charge in [0.05, 0.1) is 16.0 Å². The molecule has 1 aliphatic heterocycles. The van der Waals surface area contributed by atoms with Gasteiger partial charge in [0, 0.05) is 36.5 Å². The first-order valence-electron chi connectivity index (χ1n) is 8.70. The third-order valence-electron chi connectivity index (χ3n) is 4.77. The molecule has 3 aromatic rings. The van der Waals surface area contributed by atoms with Crippen LogP contribution in [-0.4, -0.2) is 28.0 Å². The number of imidazole rings is 1. The van der Waals surface area contributed by atoms with Crippen molar-refractivity contribution < 1.29 is 4.92 Å². The summed E-state index contributed by atoms with van der Waals surface area (Å²) in [6, 6.07) is 13.1. The Morgan fingerprint density at radius 1 is 1.04 bits per heavy atom. The lowest BCUT2D eigenvalue weighted by Crippen LogP contribution is -2.23. The number of H-pyrrole nitrogens is 1. The van der Waals surface area contributed by atoms with Gasteiger partial charge >= 0.3 is 0 Å². The topological polar surface area (TPSA) is 75.1 Å². The fourth-order valence-corrected chi connectivity index (χ4v) is 3.43. The lowest BCUT2D eigenvalue weighted by atomic mass is 10.1. The van der Waals surface area contributed by atoms with E-state index in [1.165, 1.54) is 43.5 Å². The van der Waals surface area contributed by atoms with E-state index in [1.807, 2.05) is 12.1 Å². The Kier molecular flexibility index (Phi) is 4.09. The minimum absolute atomic E-state index is 0.0704. The number of fused-ring (bicyclic) bond motifs is 1. The summed E-state index contributed by atoms with van der Waals surface area (Å²) in [4.78, 5) is 20.8. The number of nitro groups is 1.